The van der Waals surface area contributed by atoms with Gasteiger partial charge in [-0.15, -0.1) is 0 Å². The number of nitrogens with one attached hydrogen (secondary N) is 1. The number of fused-ring (bicyclic) bond motifs is 1. The first-order chi connectivity index (χ1) is 11.6. The van der Waals surface area contributed by atoms with Crippen molar-refractivity contribution in [3.8, 4) is 0 Å². The third kappa shape index (κ3) is 3.42. The summed E-state index contributed by atoms with van der Waals surface area (Å²) in [5.41, 5.74) is 4.42. The Balaban J connectivity index is 1.65. The number of hydrogen-bond donors (Lipinski definition) is 1. The van der Waals surface area contributed by atoms with Crippen LogP contribution in [0.5, 0.6) is 0 Å². The molecule has 0 bridgehead atoms. The lowest BCUT2D eigenvalue weighted by atomic mass is 10.3. The molecule has 6 nitrogen and oxygen atoms in total. The molecule has 126 valence electrons. The number of rotatable bonds is 4. The summed E-state index contributed by atoms with van der Waals surface area (Å²) in [6.45, 7) is 3.52. The summed E-state index contributed by atoms with van der Waals surface area (Å²) in [6, 6.07) is 8.34. The summed E-state index contributed by atoms with van der Waals surface area (Å²) in [7, 11) is 5.89. The van der Waals surface area contributed by atoms with Gasteiger partial charge in [-0.25, -0.2) is 4.98 Å². The molecule has 0 aromatic carbocycles. The maximum Gasteiger partial charge on any atom is 0.194 e. The van der Waals surface area contributed by atoms with Gasteiger partial charge in [0.25, 0.3) is 0 Å². The molecule has 3 rings (SSSR count). The highest BCUT2D eigenvalue weighted by Crippen LogP contribution is 2.08. The molecule has 3 aromatic rings. The van der Waals surface area contributed by atoms with Gasteiger partial charge in [-0.05, 0) is 36.8 Å². The quantitative estimate of drug-likeness (QED) is 0.591. The van der Waals surface area contributed by atoms with E-state index in [9.17, 15) is 0 Å². The van der Waals surface area contributed by atoms with Crippen LogP contribution in [0.25, 0.3) is 5.65 Å². The van der Waals surface area contributed by atoms with E-state index < -0.39 is 0 Å². The van der Waals surface area contributed by atoms with E-state index >= 15 is 0 Å². The molecule has 3 aromatic heterocycles. The van der Waals surface area contributed by atoms with Gasteiger partial charge in [0.05, 0.1) is 18.8 Å². The van der Waals surface area contributed by atoms with Crippen LogP contribution in [0.1, 0.15) is 17.0 Å². The number of imidazole rings is 1. The van der Waals surface area contributed by atoms with Crippen LogP contribution in [-0.4, -0.2) is 38.9 Å². The molecule has 0 unspecified atom stereocenters. The van der Waals surface area contributed by atoms with Crippen molar-refractivity contribution in [2.24, 2.45) is 12.0 Å². The van der Waals surface area contributed by atoms with Gasteiger partial charge in [-0.1, -0.05) is 0 Å². The van der Waals surface area contributed by atoms with E-state index in [1.807, 2.05) is 23.8 Å². The SMILES string of the molecule is CN=C(NCc1cn2ccc(C)cc2n1)N(C)Cc1cccn1C. The normalized spacial score (nSPS) is 11.9. The summed E-state index contributed by atoms with van der Waals surface area (Å²) < 4.78 is 4.16. The first kappa shape index (κ1) is 16.1. The van der Waals surface area contributed by atoms with Gasteiger partial charge in [-0.3, -0.25) is 4.99 Å². The van der Waals surface area contributed by atoms with Crippen LogP contribution >= 0.6 is 0 Å². The summed E-state index contributed by atoms with van der Waals surface area (Å²) in [5, 5.41) is 3.38. The Labute approximate surface area is 142 Å². The van der Waals surface area contributed by atoms with Crippen LogP contribution in [0.3, 0.4) is 0 Å². The van der Waals surface area contributed by atoms with Gasteiger partial charge in [0.15, 0.2) is 5.96 Å². The second kappa shape index (κ2) is 6.78. The van der Waals surface area contributed by atoms with E-state index in [1.54, 1.807) is 7.05 Å². The number of aromatic nitrogens is 3. The molecule has 0 spiro atoms. The molecule has 3 heterocycles. The molecule has 0 fully saturated rings. The molecule has 0 aliphatic rings. The third-order valence-corrected chi connectivity index (χ3v) is 4.12. The molecule has 6 heteroatoms. The first-order valence-electron chi connectivity index (χ1n) is 8.03. The minimum atomic E-state index is 0.644. The van der Waals surface area contributed by atoms with E-state index in [2.05, 4.69) is 69.2 Å². The van der Waals surface area contributed by atoms with E-state index in [4.69, 9.17) is 0 Å². The van der Waals surface area contributed by atoms with Crippen molar-refractivity contribution < 1.29 is 0 Å². The van der Waals surface area contributed by atoms with Crippen LogP contribution in [-0.2, 0) is 20.1 Å². The van der Waals surface area contributed by atoms with Gasteiger partial charge in [-0.2, -0.15) is 0 Å². The fourth-order valence-corrected chi connectivity index (χ4v) is 2.75. The lowest BCUT2D eigenvalue weighted by molar-refractivity contribution is 0.461. The molecule has 0 saturated carbocycles. The second-order valence-corrected chi connectivity index (χ2v) is 6.07. The highest BCUT2D eigenvalue weighted by molar-refractivity contribution is 5.79. The zero-order valence-corrected chi connectivity index (χ0v) is 14.7. The lowest BCUT2D eigenvalue weighted by Crippen LogP contribution is -2.38. The third-order valence-electron chi connectivity index (χ3n) is 4.12. The predicted molar refractivity (Wildman–Crippen MR) is 97.0 cm³/mol. The molecule has 0 aliphatic carbocycles. The van der Waals surface area contributed by atoms with E-state index in [0.717, 1.165) is 23.8 Å². The van der Waals surface area contributed by atoms with Crippen LogP contribution < -0.4 is 5.32 Å². The van der Waals surface area contributed by atoms with Crippen molar-refractivity contribution in [1.29, 1.82) is 0 Å². The number of guanidine groups is 1. The topological polar surface area (TPSA) is 49.9 Å². The Hall–Kier alpha value is -2.76. The maximum absolute atomic E-state index is 4.65. The monoisotopic (exact) mass is 324 g/mol. The number of aryl methyl sites for hydroxylation is 2. The fourth-order valence-electron chi connectivity index (χ4n) is 2.75. The van der Waals surface area contributed by atoms with Gasteiger partial charge in [0, 0.05) is 45.4 Å². The minimum absolute atomic E-state index is 0.644. The number of pyridine rings is 1. The summed E-state index contributed by atoms with van der Waals surface area (Å²) >= 11 is 0. The Bertz CT molecular complexity index is 857. The molecule has 0 atom stereocenters. The van der Waals surface area contributed by atoms with Gasteiger partial charge >= 0.3 is 0 Å². The average molecular weight is 324 g/mol. The summed E-state index contributed by atoms with van der Waals surface area (Å²) in [6.07, 6.45) is 6.14. The second-order valence-electron chi connectivity index (χ2n) is 6.07. The molecule has 24 heavy (non-hydrogen) atoms. The number of hydrogen-bond acceptors (Lipinski definition) is 2. The van der Waals surface area contributed by atoms with E-state index in [0.29, 0.717) is 6.54 Å². The standard InChI is InChI=1S/C18H24N6/c1-14-7-9-24-12-15(21-17(24)10-14)11-20-18(19-2)23(4)13-16-6-5-8-22(16)3/h5-10,12H,11,13H2,1-4H3,(H,19,20). The van der Waals surface area contributed by atoms with Gasteiger partial charge in [0.1, 0.15) is 5.65 Å². The number of aliphatic imine (C=N–C) groups is 1. The molecular formula is C18H24N6. The van der Waals surface area contributed by atoms with Gasteiger partial charge in [0.2, 0.25) is 0 Å². The van der Waals surface area contributed by atoms with Crippen molar-refractivity contribution >= 4 is 11.6 Å². The zero-order valence-electron chi connectivity index (χ0n) is 14.7. The van der Waals surface area contributed by atoms with Crippen LogP contribution in [0.15, 0.2) is 47.8 Å². The van der Waals surface area contributed by atoms with Crippen LogP contribution in [0, 0.1) is 6.92 Å². The van der Waals surface area contributed by atoms with Crippen molar-refractivity contribution in [2.75, 3.05) is 14.1 Å². The van der Waals surface area contributed by atoms with Crippen molar-refractivity contribution in [3.63, 3.8) is 0 Å². The Morgan fingerprint density at radius 3 is 2.88 bits per heavy atom. The maximum atomic E-state index is 4.65. The average Bonchev–Trinajstić information content (AvgIpc) is 3.13. The molecule has 0 amide bonds. The smallest absolute Gasteiger partial charge is 0.194 e. The van der Waals surface area contributed by atoms with Crippen molar-refractivity contribution in [1.82, 2.24) is 24.2 Å². The Kier molecular flexibility index (Phi) is 4.55. The number of nitrogens with zero attached hydrogens (tertiary/aromatic N) is 5. The fraction of sp³-hybridized carbons (Fsp3) is 0.333. The minimum Gasteiger partial charge on any atom is -0.353 e. The summed E-state index contributed by atoms with van der Waals surface area (Å²) in [5.74, 6) is 0.851. The van der Waals surface area contributed by atoms with Crippen molar-refractivity contribution in [2.45, 2.75) is 20.0 Å². The Morgan fingerprint density at radius 2 is 2.17 bits per heavy atom. The molecular weight excluding hydrogens is 300 g/mol. The lowest BCUT2D eigenvalue weighted by Gasteiger charge is -2.22. The largest absolute Gasteiger partial charge is 0.353 e. The van der Waals surface area contributed by atoms with E-state index in [1.165, 1.54) is 11.3 Å². The zero-order chi connectivity index (χ0) is 17.1. The molecule has 0 radical (unpaired) electrons. The molecule has 0 aliphatic heterocycles. The highest BCUT2D eigenvalue weighted by atomic mass is 15.3. The first-order valence-corrected chi connectivity index (χ1v) is 8.03. The van der Waals surface area contributed by atoms with E-state index in [-0.39, 0.29) is 0 Å². The molecule has 0 saturated heterocycles. The highest BCUT2D eigenvalue weighted by Gasteiger charge is 2.09. The van der Waals surface area contributed by atoms with Crippen molar-refractivity contribution in [3.05, 3.63) is 59.8 Å². The Morgan fingerprint density at radius 1 is 1.33 bits per heavy atom. The predicted octanol–water partition coefficient (Wildman–Crippen LogP) is 2.19. The van der Waals surface area contributed by atoms with Crippen LogP contribution in [0.4, 0.5) is 0 Å². The van der Waals surface area contributed by atoms with Gasteiger partial charge < -0.3 is 19.2 Å². The van der Waals surface area contributed by atoms with Crippen LogP contribution in [0.2, 0.25) is 0 Å². The molecule has 1 N–H and O–H groups in total. The summed E-state index contributed by atoms with van der Waals surface area (Å²) in [4.78, 5) is 11.1.